The number of pyridine rings is 1. The standard InChI is InChI=1S/C12H14N4O2/c1-2-16(8-9-3-5-14-6-4-9)11(17)10-7-15-12(13)18-10/h3-7H,2,8H2,1H3,(H2,13,15). The van der Waals surface area contributed by atoms with E-state index in [1.54, 1.807) is 17.3 Å². The lowest BCUT2D eigenvalue weighted by molar-refractivity contribution is 0.0721. The van der Waals surface area contributed by atoms with Crippen LogP contribution in [0.25, 0.3) is 0 Å². The van der Waals surface area contributed by atoms with E-state index in [2.05, 4.69) is 9.97 Å². The largest absolute Gasteiger partial charge is 0.418 e. The van der Waals surface area contributed by atoms with Gasteiger partial charge in [-0.25, -0.2) is 4.98 Å². The van der Waals surface area contributed by atoms with Crippen LogP contribution < -0.4 is 5.73 Å². The predicted molar refractivity (Wildman–Crippen MR) is 65.6 cm³/mol. The van der Waals surface area contributed by atoms with Crippen LogP contribution in [0.5, 0.6) is 0 Å². The predicted octanol–water partition coefficient (Wildman–Crippen LogP) is 1.31. The minimum atomic E-state index is -0.224. The van der Waals surface area contributed by atoms with Crippen molar-refractivity contribution in [2.45, 2.75) is 13.5 Å². The van der Waals surface area contributed by atoms with Gasteiger partial charge in [0.25, 0.3) is 11.9 Å². The smallest absolute Gasteiger partial charge is 0.292 e. The molecule has 6 nitrogen and oxygen atoms in total. The maximum absolute atomic E-state index is 12.1. The third kappa shape index (κ3) is 2.65. The Morgan fingerprint density at radius 2 is 2.17 bits per heavy atom. The van der Waals surface area contributed by atoms with Crippen molar-refractivity contribution >= 4 is 11.9 Å². The number of nitrogens with two attached hydrogens (primary N) is 1. The van der Waals surface area contributed by atoms with E-state index in [0.717, 1.165) is 5.56 Å². The monoisotopic (exact) mass is 246 g/mol. The highest BCUT2D eigenvalue weighted by Gasteiger charge is 2.18. The lowest BCUT2D eigenvalue weighted by atomic mass is 10.2. The number of oxazole rings is 1. The molecule has 18 heavy (non-hydrogen) atoms. The third-order valence-corrected chi connectivity index (χ3v) is 2.53. The molecule has 0 atom stereocenters. The zero-order valence-corrected chi connectivity index (χ0v) is 10.0. The van der Waals surface area contributed by atoms with Gasteiger partial charge in [-0.2, -0.15) is 0 Å². The van der Waals surface area contributed by atoms with Gasteiger partial charge in [0.1, 0.15) is 0 Å². The van der Waals surface area contributed by atoms with Crippen molar-refractivity contribution in [2.75, 3.05) is 12.3 Å². The normalized spacial score (nSPS) is 10.3. The minimum absolute atomic E-state index is 0.00156. The van der Waals surface area contributed by atoms with Gasteiger partial charge in [0, 0.05) is 25.5 Å². The molecule has 0 aromatic carbocycles. The number of carbonyl (C=O) groups is 1. The fourth-order valence-corrected chi connectivity index (χ4v) is 1.58. The van der Waals surface area contributed by atoms with Crippen LogP contribution in [0.3, 0.4) is 0 Å². The lowest BCUT2D eigenvalue weighted by Crippen LogP contribution is -2.30. The van der Waals surface area contributed by atoms with Crippen LogP contribution in [0.1, 0.15) is 23.0 Å². The molecule has 2 aromatic heterocycles. The zero-order chi connectivity index (χ0) is 13.0. The Kier molecular flexibility index (Phi) is 3.57. The van der Waals surface area contributed by atoms with E-state index >= 15 is 0 Å². The van der Waals surface area contributed by atoms with Crippen molar-refractivity contribution < 1.29 is 9.21 Å². The van der Waals surface area contributed by atoms with Crippen LogP contribution in [-0.2, 0) is 6.54 Å². The van der Waals surface area contributed by atoms with E-state index < -0.39 is 0 Å². The van der Waals surface area contributed by atoms with Crippen molar-refractivity contribution in [3.8, 4) is 0 Å². The summed E-state index contributed by atoms with van der Waals surface area (Å²) >= 11 is 0. The van der Waals surface area contributed by atoms with Crippen LogP contribution in [0.4, 0.5) is 6.01 Å². The van der Waals surface area contributed by atoms with Gasteiger partial charge in [0.15, 0.2) is 0 Å². The lowest BCUT2D eigenvalue weighted by Gasteiger charge is -2.19. The molecule has 0 saturated carbocycles. The van der Waals surface area contributed by atoms with Gasteiger partial charge < -0.3 is 15.1 Å². The number of rotatable bonds is 4. The SMILES string of the molecule is CCN(Cc1ccncc1)C(=O)c1cnc(N)o1. The van der Waals surface area contributed by atoms with E-state index in [9.17, 15) is 4.79 Å². The number of nitrogen functional groups attached to an aromatic ring is 1. The Labute approximate surface area is 104 Å². The molecule has 6 heteroatoms. The fraction of sp³-hybridized carbons (Fsp3) is 0.250. The Balaban J connectivity index is 2.12. The summed E-state index contributed by atoms with van der Waals surface area (Å²) in [6, 6.07) is 3.73. The number of amides is 1. The maximum atomic E-state index is 12.1. The van der Waals surface area contributed by atoms with E-state index in [1.165, 1.54) is 6.20 Å². The quantitative estimate of drug-likeness (QED) is 0.879. The van der Waals surface area contributed by atoms with Crippen molar-refractivity contribution in [3.05, 3.63) is 42.0 Å². The van der Waals surface area contributed by atoms with Gasteiger partial charge >= 0.3 is 0 Å². The van der Waals surface area contributed by atoms with Crippen molar-refractivity contribution in [2.24, 2.45) is 0 Å². The molecule has 0 aliphatic carbocycles. The molecule has 2 rings (SSSR count). The van der Waals surface area contributed by atoms with E-state index in [4.69, 9.17) is 10.2 Å². The first-order valence-corrected chi connectivity index (χ1v) is 5.60. The molecule has 0 spiro atoms. The molecule has 0 aliphatic heterocycles. The number of hydrogen-bond donors (Lipinski definition) is 1. The molecule has 1 amide bonds. The van der Waals surface area contributed by atoms with E-state index in [1.807, 2.05) is 19.1 Å². The van der Waals surface area contributed by atoms with Crippen LogP contribution in [0, 0.1) is 0 Å². The second-order valence-corrected chi connectivity index (χ2v) is 3.74. The molecule has 0 fully saturated rings. The second-order valence-electron chi connectivity index (χ2n) is 3.74. The number of nitrogens with zero attached hydrogens (tertiary/aromatic N) is 3. The highest BCUT2D eigenvalue weighted by molar-refractivity contribution is 5.91. The van der Waals surface area contributed by atoms with Gasteiger partial charge in [-0.1, -0.05) is 0 Å². The highest BCUT2D eigenvalue weighted by atomic mass is 16.4. The summed E-state index contributed by atoms with van der Waals surface area (Å²) in [6.45, 7) is 2.97. The molecule has 0 unspecified atom stereocenters. The first-order chi connectivity index (χ1) is 8.70. The first-order valence-electron chi connectivity index (χ1n) is 5.60. The Morgan fingerprint density at radius 3 is 2.72 bits per heavy atom. The van der Waals surface area contributed by atoms with Crippen LogP contribution >= 0.6 is 0 Å². The minimum Gasteiger partial charge on any atom is -0.418 e. The molecule has 2 heterocycles. The Bertz CT molecular complexity index is 524. The Morgan fingerprint density at radius 1 is 1.44 bits per heavy atom. The summed E-state index contributed by atoms with van der Waals surface area (Å²) in [4.78, 5) is 21.4. The summed E-state index contributed by atoms with van der Waals surface area (Å²) in [5.41, 5.74) is 6.36. The van der Waals surface area contributed by atoms with Gasteiger partial charge in [-0.05, 0) is 24.6 Å². The second kappa shape index (κ2) is 5.31. The first kappa shape index (κ1) is 12.1. The molecule has 2 N–H and O–H groups in total. The van der Waals surface area contributed by atoms with Crippen LogP contribution in [0.2, 0.25) is 0 Å². The topological polar surface area (TPSA) is 85.2 Å². The molecule has 0 aliphatic rings. The molecular formula is C12H14N4O2. The number of aromatic nitrogens is 2. The van der Waals surface area contributed by atoms with Gasteiger partial charge in [0.2, 0.25) is 5.76 Å². The molecule has 0 radical (unpaired) electrons. The van der Waals surface area contributed by atoms with Crippen molar-refractivity contribution in [3.63, 3.8) is 0 Å². The molecule has 0 bridgehead atoms. The van der Waals surface area contributed by atoms with Crippen molar-refractivity contribution in [1.29, 1.82) is 0 Å². The third-order valence-electron chi connectivity index (χ3n) is 2.53. The van der Waals surface area contributed by atoms with Gasteiger partial charge in [-0.3, -0.25) is 9.78 Å². The summed E-state index contributed by atoms with van der Waals surface area (Å²) < 4.78 is 5.03. The van der Waals surface area contributed by atoms with Gasteiger partial charge in [0.05, 0.1) is 6.20 Å². The molecular weight excluding hydrogens is 232 g/mol. The number of carbonyl (C=O) groups excluding carboxylic acids is 1. The average Bonchev–Trinajstić information content (AvgIpc) is 2.83. The van der Waals surface area contributed by atoms with Crippen LogP contribution in [-0.4, -0.2) is 27.3 Å². The van der Waals surface area contributed by atoms with Crippen LogP contribution in [0.15, 0.2) is 35.1 Å². The number of hydrogen-bond acceptors (Lipinski definition) is 5. The zero-order valence-electron chi connectivity index (χ0n) is 10.0. The fourth-order valence-electron chi connectivity index (χ4n) is 1.58. The molecule has 2 aromatic rings. The molecule has 94 valence electrons. The van der Waals surface area contributed by atoms with E-state index in [-0.39, 0.29) is 17.7 Å². The summed E-state index contributed by atoms with van der Waals surface area (Å²) in [6.07, 6.45) is 4.73. The van der Waals surface area contributed by atoms with E-state index in [0.29, 0.717) is 13.1 Å². The number of anilines is 1. The summed E-state index contributed by atoms with van der Waals surface area (Å²) in [7, 11) is 0. The van der Waals surface area contributed by atoms with Gasteiger partial charge in [-0.15, -0.1) is 0 Å². The maximum Gasteiger partial charge on any atom is 0.292 e. The summed E-state index contributed by atoms with van der Waals surface area (Å²) in [5, 5.41) is 0. The Hall–Kier alpha value is -2.37. The van der Waals surface area contributed by atoms with Crippen molar-refractivity contribution in [1.82, 2.24) is 14.9 Å². The highest BCUT2D eigenvalue weighted by Crippen LogP contribution is 2.11. The molecule has 0 saturated heterocycles. The average molecular weight is 246 g/mol. The summed E-state index contributed by atoms with van der Waals surface area (Å²) in [5.74, 6) is -0.0677.